The fourth-order valence-electron chi connectivity index (χ4n) is 2.99. The molecule has 1 saturated heterocycles. The zero-order chi connectivity index (χ0) is 20.1. The fraction of sp³-hybridized carbons (Fsp3) is 0.429. The van der Waals surface area contributed by atoms with Crippen LogP contribution in [0, 0.1) is 0 Å². The maximum absolute atomic E-state index is 10.1. The summed E-state index contributed by atoms with van der Waals surface area (Å²) in [6, 6.07) is 15.6. The van der Waals surface area contributed by atoms with E-state index in [2.05, 4.69) is 31.2 Å². The first-order valence-electron chi connectivity index (χ1n) is 9.34. The van der Waals surface area contributed by atoms with Gasteiger partial charge in [-0.05, 0) is 47.6 Å². The molecule has 152 valence electrons. The van der Waals surface area contributed by atoms with Gasteiger partial charge in [-0.15, -0.1) is 11.8 Å². The van der Waals surface area contributed by atoms with E-state index in [0.29, 0.717) is 5.75 Å². The van der Waals surface area contributed by atoms with Gasteiger partial charge in [0.25, 0.3) is 0 Å². The highest BCUT2D eigenvalue weighted by Crippen LogP contribution is 2.28. The number of hydrogen-bond acceptors (Lipinski definition) is 7. The zero-order valence-corrected chi connectivity index (χ0v) is 16.5. The lowest BCUT2D eigenvalue weighted by Crippen LogP contribution is -2.60. The summed E-state index contributed by atoms with van der Waals surface area (Å²) >= 11 is 1.84. The van der Waals surface area contributed by atoms with E-state index in [4.69, 9.17) is 9.47 Å². The second kappa shape index (κ2) is 9.73. The van der Waals surface area contributed by atoms with Crippen LogP contribution in [0.3, 0.4) is 0 Å². The quantitative estimate of drug-likeness (QED) is 0.522. The number of rotatable bonds is 7. The third-order valence-electron chi connectivity index (χ3n) is 4.62. The van der Waals surface area contributed by atoms with E-state index in [-0.39, 0.29) is 0 Å². The number of hydrogen-bond donors (Lipinski definition) is 4. The van der Waals surface area contributed by atoms with Crippen molar-refractivity contribution < 1.29 is 29.9 Å². The predicted molar refractivity (Wildman–Crippen MR) is 107 cm³/mol. The first-order valence-corrected chi connectivity index (χ1v) is 10.3. The van der Waals surface area contributed by atoms with Crippen molar-refractivity contribution in [1.82, 2.24) is 0 Å². The van der Waals surface area contributed by atoms with Gasteiger partial charge in [-0.3, -0.25) is 0 Å². The summed E-state index contributed by atoms with van der Waals surface area (Å²) in [5.41, 5.74) is 2.11. The van der Waals surface area contributed by atoms with Crippen LogP contribution >= 0.6 is 11.8 Å². The van der Waals surface area contributed by atoms with Crippen molar-refractivity contribution in [2.75, 3.05) is 12.4 Å². The maximum Gasteiger partial charge on any atom is 0.229 e. The third-order valence-corrected chi connectivity index (χ3v) is 5.83. The lowest BCUT2D eigenvalue weighted by molar-refractivity contribution is -0.277. The Balaban J connectivity index is 1.65. The Labute approximate surface area is 168 Å². The van der Waals surface area contributed by atoms with Crippen LogP contribution in [-0.2, 0) is 4.74 Å². The average Bonchev–Trinajstić information content (AvgIpc) is 2.73. The minimum absolute atomic E-state index is 0.447. The van der Waals surface area contributed by atoms with E-state index in [1.165, 1.54) is 4.90 Å². The van der Waals surface area contributed by atoms with Gasteiger partial charge in [0.15, 0.2) is 0 Å². The van der Waals surface area contributed by atoms with Crippen LogP contribution in [0.5, 0.6) is 5.75 Å². The van der Waals surface area contributed by atoms with Crippen LogP contribution < -0.4 is 4.74 Å². The van der Waals surface area contributed by atoms with E-state index >= 15 is 0 Å². The molecule has 1 aliphatic rings. The lowest BCUT2D eigenvalue weighted by Gasteiger charge is -2.39. The highest BCUT2D eigenvalue weighted by atomic mass is 32.2. The summed E-state index contributed by atoms with van der Waals surface area (Å²) in [4.78, 5) is 1.24. The summed E-state index contributed by atoms with van der Waals surface area (Å²) in [6.07, 6.45) is -5.32. The van der Waals surface area contributed by atoms with Gasteiger partial charge >= 0.3 is 0 Å². The second-order valence-corrected chi connectivity index (χ2v) is 7.88. The molecule has 5 atom stereocenters. The maximum atomic E-state index is 10.1. The van der Waals surface area contributed by atoms with E-state index in [9.17, 15) is 20.4 Å². The average molecular weight is 406 g/mol. The molecule has 0 saturated carbocycles. The van der Waals surface area contributed by atoms with Crippen molar-refractivity contribution in [2.45, 2.75) is 48.9 Å². The molecule has 0 unspecified atom stereocenters. The zero-order valence-electron chi connectivity index (χ0n) is 15.6. The highest BCUT2D eigenvalue weighted by molar-refractivity contribution is 7.99. The molecule has 2 aromatic rings. The summed E-state index contributed by atoms with van der Waals surface area (Å²) in [5, 5.41) is 39.0. The molecular weight excluding hydrogens is 380 g/mol. The molecule has 0 radical (unpaired) electrons. The summed E-state index contributed by atoms with van der Waals surface area (Å²) in [6.45, 7) is 1.67. The summed E-state index contributed by atoms with van der Waals surface area (Å²) in [7, 11) is 0. The van der Waals surface area contributed by atoms with Gasteiger partial charge < -0.3 is 29.9 Å². The predicted octanol–water partition coefficient (Wildman–Crippen LogP) is 2.03. The third kappa shape index (κ3) is 4.86. The van der Waals surface area contributed by atoms with Gasteiger partial charge in [0.05, 0.1) is 6.61 Å². The van der Waals surface area contributed by atoms with Crippen LogP contribution in [0.4, 0.5) is 0 Å². The molecule has 1 heterocycles. The Morgan fingerprint density at radius 2 is 1.50 bits per heavy atom. The Bertz CT molecular complexity index is 734. The fourth-order valence-corrected chi connectivity index (χ4v) is 3.76. The molecule has 0 amide bonds. The number of benzene rings is 2. The van der Waals surface area contributed by atoms with Gasteiger partial charge in [0.2, 0.25) is 6.29 Å². The second-order valence-electron chi connectivity index (χ2n) is 6.71. The molecule has 3 rings (SSSR count). The SMILES string of the molecule is CCCSc1ccc(-c2ccc(O[C@@H]3O[C@H](CO)[C@@H](O)[C@H](O)[C@H]3O)cc2)cc1. The molecule has 1 aliphatic heterocycles. The number of ether oxygens (including phenoxy) is 2. The van der Waals surface area contributed by atoms with Gasteiger partial charge in [-0.1, -0.05) is 31.2 Å². The first-order chi connectivity index (χ1) is 13.5. The number of thioether (sulfide) groups is 1. The van der Waals surface area contributed by atoms with Crippen molar-refractivity contribution in [1.29, 1.82) is 0 Å². The van der Waals surface area contributed by atoms with E-state index in [1.54, 1.807) is 12.1 Å². The van der Waals surface area contributed by atoms with Gasteiger partial charge in [0.1, 0.15) is 30.2 Å². The molecule has 7 heteroatoms. The van der Waals surface area contributed by atoms with Crippen molar-refractivity contribution in [3.8, 4) is 16.9 Å². The number of aliphatic hydroxyl groups is 4. The topological polar surface area (TPSA) is 99.4 Å². The smallest absolute Gasteiger partial charge is 0.229 e. The normalized spacial score (nSPS) is 27.5. The van der Waals surface area contributed by atoms with Crippen molar-refractivity contribution in [3.05, 3.63) is 48.5 Å². The van der Waals surface area contributed by atoms with E-state index < -0.39 is 37.3 Å². The minimum Gasteiger partial charge on any atom is -0.462 e. The van der Waals surface area contributed by atoms with Crippen LogP contribution in [0.2, 0.25) is 0 Å². The Morgan fingerprint density at radius 3 is 2.07 bits per heavy atom. The van der Waals surface area contributed by atoms with Gasteiger partial charge in [-0.25, -0.2) is 0 Å². The van der Waals surface area contributed by atoms with Gasteiger partial charge in [0, 0.05) is 4.90 Å². The highest BCUT2D eigenvalue weighted by Gasteiger charge is 2.44. The Hall–Kier alpha value is -1.61. The molecule has 4 N–H and O–H groups in total. The molecule has 6 nitrogen and oxygen atoms in total. The number of aliphatic hydroxyl groups excluding tert-OH is 4. The monoisotopic (exact) mass is 406 g/mol. The molecule has 0 aromatic heterocycles. The molecule has 0 aliphatic carbocycles. The molecule has 0 spiro atoms. The van der Waals surface area contributed by atoms with Crippen LogP contribution in [0.15, 0.2) is 53.4 Å². The summed E-state index contributed by atoms with van der Waals surface area (Å²) in [5.74, 6) is 1.55. The van der Waals surface area contributed by atoms with Crippen molar-refractivity contribution in [2.24, 2.45) is 0 Å². The Kier molecular flexibility index (Phi) is 7.34. The van der Waals surface area contributed by atoms with Crippen LogP contribution in [0.1, 0.15) is 13.3 Å². The van der Waals surface area contributed by atoms with Crippen molar-refractivity contribution in [3.63, 3.8) is 0 Å². The van der Waals surface area contributed by atoms with E-state index in [1.807, 2.05) is 23.9 Å². The van der Waals surface area contributed by atoms with E-state index in [0.717, 1.165) is 23.3 Å². The van der Waals surface area contributed by atoms with Crippen LogP contribution in [0.25, 0.3) is 11.1 Å². The molecule has 1 fully saturated rings. The standard InChI is InChI=1S/C21H26O6S/c1-2-11-28-16-9-5-14(6-10-16)13-3-7-15(8-4-13)26-21-20(25)19(24)18(23)17(12-22)27-21/h3-10,17-25H,2,11-12H2,1H3/t17-,18-,19+,20-,21-/m1/s1. The molecular formula is C21H26O6S. The van der Waals surface area contributed by atoms with Gasteiger partial charge in [-0.2, -0.15) is 0 Å². The molecule has 0 bridgehead atoms. The summed E-state index contributed by atoms with van der Waals surface area (Å²) < 4.78 is 11.0. The Morgan fingerprint density at radius 1 is 0.893 bits per heavy atom. The molecule has 2 aromatic carbocycles. The van der Waals surface area contributed by atoms with Crippen molar-refractivity contribution >= 4 is 11.8 Å². The van der Waals surface area contributed by atoms with Crippen LogP contribution in [-0.4, -0.2) is 63.5 Å². The minimum atomic E-state index is -1.46. The largest absolute Gasteiger partial charge is 0.462 e. The molecule has 28 heavy (non-hydrogen) atoms. The lowest BCUT2D eigenvalue weighted by atomic mass is 9.99. The first kappa shape index (κ1) is 21.1.